The number of aliphatic imine (C=N–C) groups is 1. The van der Waals surface area contributed by atoms with Crippen LogP contribution in [0.2, 0.25) is 0 Å². The van der Waals surface area contributed by atoms with Gasteiger partial charge in [0.25, 0.3) is 0 Å². The van der Waals surface area contributed by atoms with Crippen LogP contribution in [0.4, 0.5) is 0 Å². The van der Waals surface area contributed by atoms with Gasteiger partial charge in [-0.25, -0.2) is 0 Å². The molecule has 1 N–H and O–H groups in total. The molecule has 0 aromatic heterocycles. The van der Waals surface area contributed by atoms with E-state index in [2.05, 4.69) is 23.2 Å². The highest BCUT2D eigenvalue weighted by molar-refractivity contribution is 5.85. The maximum Gasteiger partial charge on any atom is 0.307 e. The number of hydrogen-bond acceptors (Lipinski definition) is 4. The monoisotopic (exact) mass is 401 g/mol. The zero-order valence-corrected chi connectivity index (χ0v) is 16.5. The van der Waals surface area contributed by atoms with E-state index in [0.29, 0.717) is 12.3 Å². The van der Waals surface area contributed by atoms with Gasteiger partial charge in [-0.15, -0.1) is 0 Å². The molecule has 5 heteroatoms. The molecule has 1 saturated carbocycles. The predicted molar refractivity (Wildman–Crippen MR) is 115 cm³/mol. The van der Waals surface area contributed by atoms with E-state index in [1.807, 2.05) is 48.9 Å². The number of hydrogen-bond donors (Lipinski definition) is 1. The van der Waals surface area contributed by atoms with Gasteiger partial charge in [-0.3, -0.25) is 9.79 Å². The number of ether oxygens (including phenoxy) is 2. The van der Waals surface area contributed by atoms with Crippen LogP contribution < -0.4 is 9.47 Å². The van der Waals surface area contributed by atoms with Crippen molar-refractivity contribution in [3.05, 3.63) is 83.3 Å². The standard InChI is InChI=1S/C25H23NO4/c27-25(28)13-16-2-1-3-19(12-16)29-23-9-7-20(14-21(23)17-4-5-17)30-24-8-6-18-10-11-26-15-22(18)24/h1-3,6-11,14-15,17-19H,4-5,12-13H2,(H,27,28). The van der Waals surface area contributed by atoms with Crippen molar-refractivity contribution >= 4 is 12.2 Å². The number of fused-ring (bicyclic) bond motifs is 1. The Morgan fingerprint density at radius 2 is 2.10 bits per heavy atom. The Labute approximate surface area is 175 Å². The quantitative estimate of drug-likeness (QED) is 0.691. The van der Waals surface area contributed by atoms with Crippen LogP contribution in [0.5, 0.6) is 11.5 Å². The van der Waals surface area contributed by atoms with Crippen molar-refractivity contribution < 1.29 is 19.4 Å². The maximum atomic E-state index is 11.0. The van der Waals surface area contributed by atoms with E-state index < -0.39 is 5.97 Å². The van der Waals surface area contributed by atoms with Crippen molar-refractivity contribution in [2.45, 2.75) is 37.7 Å². The van der Waals surface area contributed by atoms with Gasteiger partial charge in [-0.2, -0.15) is 0 Å². The Morgan fingerprint density at radius 1 is 1.20 bits per heavy atom. The molecule has 3 aliphatic carbocycles. The van der Waals surface area contributed by atoms with Gasteiger partial charge in [0.1, 0.15) is 23.4 Å². The Morgan fingerprint density at radius 3 is 2.93 bits per heavy atom. The molecule has 1 aromatic carbocycles. The number of aliphatic carboxylic acids is 1. The Hall–Kier alpha value is -3.34. The highest BCUT2D eigenvalue weighted by atomic mass is 16.5. The summed E-state index contributed by atoms with van der Waals surface area (Å²) >= 11 is 0. The fourth-order valence-electron chi connectivity index (χ4n) is 4.05. The summed E-state index contributed by atoms with van der Waals surface area (Å²) in [5.74, 6) is 2.42. The number of allylic oxidation sites excluding steroid dienone is 6. The van der Waals surface area contributed by atoms with Crippen molar-refractivity contribution in [2.24, 2.45) is 10.9 Å². The first-order valence-corrected chi connectivity index (χ1v) is 10.3. The highest BCUT2D eigenvalue weighted by Crippen LogP contribution is 2.46. The normalized spacial score (nSPS) is 24.1. The zero-order chi connectivity index (χ0) is 20.5. The molecule has 5 rings (SSSR count). The van der Waals surface area contributed by atoms with Crippen LogP contribution in [0, 0.1) is 5.92 Å². The first-order valence-electron chi connectivity index (χ1n) is 10.3. The second-order valence-electron chi connectivity index (χ2n) is 8.04. The predicted octanol–water partition coefficient (Wildman–Crippen LogP) is 5.09. The molecule has 1 aliphatic heterocycles. The molecule has 0 radical (unpaired) electrons. The summed E-state index contributed by atoms with van der Waals surface area (Å²) in [7, 11) is 0. The molecule has 5 nitrogen and oxygen atoms in total. The van der Waals surface area contributed by atoms with Gasteiger partial charge < -0.3 is 14.6 Å². The first kappa shape index (κ1) is 18.7. The van der Waals surface area contributed by atoms with Crippen LogP contribution in [0.25, 0.3) is 0 Å². The molecule has 152 valence electrons. The van der Waals surface area contributed by atoms with Crippen molar-refractivity contribution in [3.8, 4) is 11.5 Å². The summed E-state index contributed by atoms with van der Waals surface area (Å²) in [5, 5.41) is 9.05. The Balaban J connectivity index is 1.33. The van der Waals surface area contributed by atoms with Crippen LogP contribution >= 0.6 is 0 Å². The summed E-state index contributed by atoms with van der Waals surface area (Å²) in [4.78, 5) is 15.2. The largest absolute Gasteiger partial charge is 0.486 e. The summed E-state index contributed by atoms with van der Waals surface area (Å²) in [6.45, 7) is 0. The molecule has 2 atom stereocenters. The minimum absolute atomic E-state index is 0.0525. The molecule has 0 bridgehead atoms. The third-order valence-electron chi connectivity index (χ3n) is 5.70. The molecule has 0 saturated heterocycles. The lowest BCUT2D eigenvalue weighted by atomic mass is 9.99. The van der Waals surface area contributed by atoms with Crippen molar-refractivity contribution in [3.63, 3.8) is 0 Å². The smallest absolute Gasteiger partial charge is 0.307 e. The van der Waals surface area contributed by atoms with Gasteiger partial charge in [0, 0.05) is 35.9 Å². The van der Waals surface area contributed by atoms with E-state index in [1.165, 1.54) is 0 Å². The third kappa shape index (κ3) is 4.01. The van der Waals surface area contributed by atoms with E-state index in [0.717, 1.165) is 46.8 Å². The van der Waals surface area contributed by atoms with E-state index in [1.54, 1.807) is 0 Å². The minimum atomic E-state index is -0.812. The second-order valence-corrected chi connectivity index (χ2v) is 8.04. The SMILES string of the molecule is O=C(O)CC1=CC=CC(Oc2ccc(OC3=C4C=NC=CC4C=C3)cc2C2CC2)C1. The number of benzene rings is 1. The van der Waals surface area contributed by atoms with E-state index in [9.17, 15) is 4.79 Å². The van der Waals surface area contributed by atoms with Gasteiger partial charge >= 0.3 is 5.97 Å². The average Bonchev–Trinajstić information content (AvgIpc) is 3.50. The lowest BCUT2D eigenvalue weighted by Crippen LogP contribution is -2.18. The number of carboxylic acids is 1. The average molecular weight is 401 g/mol. The molecular weight excluding hydrogens is 378 g/mol. The Bertz CT molecular complexity index is 1050. The number of carbonyl (C=O) groups is 1. The highest BCUT2D eigenvalue weighted by Gasteiger charge is 2.29. The number of rotatable bonds is 7. The summed E-state index contributed by atoms with van der Waals surface area (Å²) in [6.07, 6.45) is 18.4. The van der Waals surface area contributed by atoms with Gasteiger partial charge in [-0.05, 0) is 49.1 Å². The number of carboxylic acid groups (broad SMARTS) is 1. The summed E-state index contributed by atoms with van der Waals surface area (Å²) in [6, 6.07) is 5.99. The molecule has 1 aromatic rings. The molecule has 1 heterocycles. The van der Waals surface area contributed by atoms with E-state index in [4.69, 9.17) is 14.6 Å². The molecule has 2 unspecified atom stereocenters. The molecular formula is C25H23NO4. The summed E-state index contributed by atoms with van der Waals surface area (Å²) < 4.78 is 12.5. The van der Waals surface area contributed by atoms with Crippen LogP contribution in [0.3, 0.4) is 0 Å². The van der Waals surface area contributed by atoms with Crippen molar-refractivity contribution in [1.29, 1.82) is 0 Å². The second kappa shape index (κ2) is 7.82. The summed E-state index contributed by atoms with van der Waals surface area (Å²) in [5.41, 5.74) is 3.12. The Kier molecular flexibility index (Phi) is 4.87. The fourth-order valence-corrected chi connectivity index (χ4v) is 4.05. The molecule has 4 aliphatic rings. The van der Waals surface area contributed by atoms with E-state index in [-0.39, 0.29) is 18.4 Å². The van der Waals surface area contributed by atoms with Gasteiger partial charge in [-0.1, -0.05) is 29.9 Å². The number of nitrogens with zero attached hydrogens (tertiary/aromatic N) is 1. The van der Waals surface area contributed by atoms with Gasteiger partial charge in [0.05, 0.1) is 6.42 Å². The topological polar surface area (TPSA) is 68.1 Å². The van der Waals surface area contributed by atoms with Crippen LogP contribution in [0.15, 0.2) is 82.8 Å². The maximum absolute atomic E-state index is 11.0. The molecule has 0 amide bonds. The molecule has 1 fully saturated rings. The minimum Gasteiger partial charge on any atom is -0.486 e. The van der Waals surface area contributed by atoms with Crippen LogP contribution in [-0.2, 0) is 4.79 Å². The molecule has 0 spiro atoms. The van der Waals surface area contributed by atoms with Gasteiger partial charge in [0.2, 0.25) is 0 Å². The fraction of sp³-hybridized carbons (Fsp3) is 0.280. The van der Waals surface area contributed by atoms with Crippen molar-refractivity contribution in [1.82, 2.24) is 0 Å². The van der Waals surface area contributed by atoms with E-state index >= 15 is 0 Å². The van der Waals surface area contributed by atoms with Gasteiger partial charge in [0.15, 0.2) is 0 Å². The van der Waals surface area contributed by atoms with Crippen LogP contribution in [0.1, 0.15) is 37.2 Å². The van der Waals surface area contributed by atoms with Crippen LogP contribution in [-0.4, -0.2) is 23.4 Å². The lowest BCUT2D eigenvalue weighted by molar-refractivity contribution is -0.136. The molecule has 30 heavy (non-hydrogen) atoms. The first-order chi connectivity index (χ1) is 14.7. The lowest BCUT2D eigenvalue weighted by Gasteiger charge is -2.22. The van der Waals surface area contributed by atoms with Crippen molar-refractivity contribution in [2.75, 3.05) is 0 Å². The third-order valence-corrected chi connectivity index (χ3v) is 5.70. The zero-order valence-electron chi connectivity index (χ0n) is 16.5.